The number of hydrogen-bond donors (Lipinski definition) is 0. The Kier molecular flexibility index (Phi) is 3.18. The van der Waals surface area contributed by atoms with Gasteiger partial charge in [-0.15, -0.1) is 0 Å². The van der Waals surface area contributed by atoms with Crippen LogP contribution in [0.3, 0.4) is 0 Å². The lowest BCUT2D eigenvalue weighted by Gasteiger charge is -2.59. The predicted molar refractivity (Wildman–Crippen MR) is 111 cm³/mol. The van der Waals surface area contributed by atoms with Gasteiger partial charge in [-0.1, -0.05) is 19.1 Å². The zero-order chi connectivity index (χ0) is 18.5. The maximum absolute atomic E-state index is 6.19. The van der Waals surface area contributed by atoms with Crippen molar-refractivity contribution in [2.24, 2.45) is 34.2 Å². The largest absolute Gasteiger partial charge is 0.471 e. The fourth-order valence-electron chi connectivity index (χ4n) is 7.96. The fourth-order valence-corrected chi connectivity index (χ4v) is 7.96. The molecule has 5 atom stereocenters. The van der Waals surface area contributed by atoms with Crippen LogP contribution in [0, 0.1) is 29.1 Å². The molecule has 1 aromatic rings. The summed E-state index contributed by atoms with van der Waals surface area (Å²) in [7, 11) is -0.0337. The Morgan fingerprint density at radius 1 is 1.21 bits per heavy atom. The van der Waals surface area contributed by atoms with E-state index in [-0.39, 0.29) is 7.05 Å². The molecule has 7 aliphatic rings. The number of pyridine rings is 1. The molecule has 3 heterocycles. The summed E-state index contributed by atoms with van der Waals surface area (Å²) in [6.07, 6.45) is 15.8. The summed E-state index contributed by atoms with van der Waals surface area (Å²) in [6, 6.07) is 0. The van der Waals surface area contributed by atoms with E-state index in [4.69, 9.17) is 14.7 Å². The van der Waals surface area contributed by atoms with Gasteiger partial charge in [0.05, 0.1) is 11.4 Å². The Balaban J connectivity index is 1.40. The van der Waals surface area contributed by atoms with Crippen LogP contribution in [0.5, 0.6) is 0 Å². The first kappa shape index (κ1) is 16.2. The molecule has 0 N–H and O–H groups in total. The van der Waals surface area contributed by atoms with E-state index in [1.807, 2.05) is 0 Å². The minimum atomic E-state index is -0.0337. The maximum atomic E-state index is 6.19. The minimum absolute atomic E-state index is 0.0337. The maximum Gasteiger partial charge on any atom is 0.471 e. The third-order valence-electron chi connectivity index (χ3n) is 8.56. The Hall–Kier alpha value is -1.62. The average molecular weight is 373 g/mol. The molecule has 0 radical (unpaired) electrons. The lowest BCUT2D eigenvalue weighted by atomic mass is 9.45. The van der Waals surface area contributed by atoms with Crippen molar-refractivity contribution in [2.75, 3.05) is 13.2 Å². The molecule has 8 rings (SSSR count). The Bertz CT molecular complexity index is 909. The highest BCUT2D eigenvalue weighted by atomic mass is 16.4. The quantitative estimate of drug-likeness (QED) is 0.710. The summed E-state index contributed by atoms with van der Waals surface area (Å²) in [4.78, 5) is 7.06. The lowest BCUT2D eigenvalue weighted by molar-refractivity contribution is -0.0638. The van der Waals surface area contributed by atoms with Crippen LogP contribution in [-0.4, -0.2) is 35.8 Å². The van der Waals surface area contributed by atoms with Crippen LogP contribution >= 0.6 is 0 Å². The van der Waals surface area contributed by atoms with Crippen LogP contribution in [0.15, 0.2) is 17.4 Å². The number of hydrazone groups is 1. The molecule has 4 nitrogen and oxygen atoms in total. The number of fused-ring (bicyclic) bond motifs is 5. The van der Waals surface area contributed by atoms with Crippen molar-refractivity contribution >= 4 is 24.3 Å². The molecule has 28 heavy (non-hydrogen) atoms. The van der Waals surface area contributed by atoms with Crippen molar-refractivity contribution in [1.29, 1.82) is 0 Å². The van der Waals surface area contributed by atoms with Crippen LogP contribution in [0.1, 0.15) is 62.3 Å². The lowest BCUT2D eigenvalue weighted by Crippen LogP contribution is -2.60. The van der Waals surface area contributed by atoms with Gasteiger partial charge in [0.2, 0.25) is 0 Å². The molecule has 144 valence electrons. The van der Waals surface area contributed by atoms with E-state index < -0.39 is 0 Å². The van der Waals surface area contributed by atoms with Crippen molar-refractivity contribution in [3.8, 4) is 0 Å². The molecule has 0 spiro atoms. The molecule has 1 saturated heterocycles. The Morgan fingerprint density at radius 2 is 2.07 bits per heavy atom. The molecule has 4 saturated carbocycles. The number of aromatic nitrogens is 1. The molecular weight excluding hydrogens is 345 g/mol. The minimum Gasteiger partial charge on any atom is -0.412 e. The Labute approximate surface area is 167 Å². The van der Waals surface area contributed by atoms with E-state index in [0.717, 1.165) is 43.7 Å². The SMILES string of the molecule is CC12CC3C[C@H](C1)C(C1=NN4CCCOB4c4cnc5c(c41)C=CC5)[C@@H](C3)C2. The third-order valence-corrected chi connectivity index (χ3v) is 8.56. The smallest absolute Gasteiger partial charge is 0.412 e. The van der Waals surface area contributed by atoms with Crippen LogP contribution in [-0.2, 0) is 11.1 Å². The summed E-state index contributed by atoms with van der Waals surface area (Å²) in [5, 5.41) is 5.35. The van der Waals surface area contributed by atoms with Gasteiger partial charge in [-0.05, 0) is 61.7 Å². The molecule has 2 aliphatic heterocycles. The second-order valence-electron chi connectivity index (χ2n) is 10.6. The van der Waals surface area contributed by atoms with Gasteiger partial charge in [-0.25, -0.2) is 0 Å². The van der Waals surface area contributed by atoms with Crippen molar-refractivity contribution in [2.45, 2.75) is 51.9 Å². The van der Waals surface area contributed by atoms with Gasteiger partial charge in [-0.3, -0.25) is 4.98 Å². The predicted octanol–water partition coefficient (Wildman–Crippen LogP) is 3.25. The highest BCUT2D eigenvalue weighted by Crippen LogP contribution is 2.62. The summed E-state index contributed by atoms with van der Waals surface area (Å²) in [6.45, 7) is 4.39. The van der Waals surface area contributed by atoms with E-state index in [1.54, 1.807) is 0 Å². The molecule has 5 aliphatic carbocycles. The monoisotopic (exact) mass is 373 g/mol. The summed E-state index contributed by atoms with van der Waals surface area (Å²) >= 11 is 0. The van der Waals surface area contributed by atoms with Gasteiger partial charge in [-0.2, -0.15) is 5.10 Å². The zero-order valence-corrected chi connectivity index (χ0v) is 16.7. The van der Waals surface area contributed by atoms with Crippen molar-refractivity contribution < 1.29 is 4.65 Å². The van der Waals surface area contributed by atoms with Gasteiger partial charge in [0, 0.05) is 48.3 Å². The van der Waals surface area contributed by atoms with E-state index in [1.165, 1.54) is 60.1 Å². The van der Waals surface area contributed by atoms with E-state index in [2.05, 4.69) is 30.2 Å². The summed E-state index contributed by atoms with van der Waals surface area (Å²) in [5.41, 5.74) is 7.22. The molecule has 4 bridgehead atoms. The van der Waals surface area contributed by atoms with Crippen LogP contribution in [0.4, 0.5) is 0 Å². The Morgan fingerprint density at radius 3 is 2.89 bits per heavy atom. The highest BCUT2D eigenvalue weighted by molar-refractivity contribution is 6.67. The second kappa shape index (κ2) is 5.50. The molecule has 1 aromatic heterocycles. The fraction of sp³-hybridized carbons (Fsp3) is 0.652. The number of nitrogens with zero attached hydrogens (tertiary/aromatic N) is 3. The molecule has 0 amide bonds. The molecule has 0 aromatic carbocycles. The normalized spacial score (nSPS) is 39.7. The third kappa shape index (κ3) is 2.12. The van der Waals surface area contributed by atoms with Gasteiger partial charge in [0.1, 0.15) is 0 Å². The highest BCUT2D eigenvalue weighted by Gasteiger charge is 2.56. The first-order valence-corrected chi connectivity index (χ1v) is 11.3. The van der Waals surface area contributed by atoms with Gasteiger partial charge in [0.25, 0.3) is 0 Å². The molecule has 5 fully saturated rings. The number of hydrogen-bond acceptors (Lipinski definition) is 4. The van der Waals surface area contributed by atoms with Gasteiger partial charge >= 0.3 is 7.05 Å². The molecule has 5 heteroatoms. The molecule has 3 unspecified atom stereocenters. The van der Waals surface area contributed by atoms with E-state index in [0.29, 0.717) is 11.3 Å². The topological polar surface area (TPSA) is 37.7 Å². The van der Waals surface area contributed by atoms with Crippen LogP contribution < -0.4 is 5.46 Å². The van der Waals surface area contributed by atoms with Crippen LogP contribution in [0.2, 0.25) is 0 Å². The van der Waals surface area contributed by atoms with E-state index in [9.17, 15) is 0 Å². The van der Waals surface area contributed by atoms with Crippen molar-refractivity contribution in [1.82, 2.24) is 9.90 Å². The van der Waals surface area contributed by atoms with Crippen molar-refractivity contribution in [3.05, 3.63) is 29.1 Å². The summed E-state index contributed by atoms with van der Waals surface area (Å²) in [5.74, 6) is 3.24. The van der Waals surface area contributed by atoms with Gasteiger partial charge < -0.3 is 9.57 Å². The second-order valence-corrected chi connectivity index (χ2v) is 10.6. The van der Waals surface area contributed by atoms with Crippen LogP contribution in [0.25, 0.3) is 6.08 Å². The first-order chi connectivity index (χ1) is 13.7. The number of allylic oxidation sites excluding steroid dienone is 1. The zero-order valence-electron chi connectivity index (χ0n) is 16.7. The standard InChI is InChI=1S/C23H28BN3O/c1-23-10-14-8-15(11-23)20(16(9-14)12-23)22-21-17-4-2-5-19(17)25-13-18(21)24-27(26-22)6-3-7-28-24/h2,4,13-16,20H,3,5-12H2,1H3/t14?,15-,16+,20?,23?. The first-order valence-electron chi connectivity index (χ1n) is 11.3. The average Bonchev–Trinajstić information content (AvgIpc) is 3.15. The molecular formula is C23H28BN3O. The number of rotatable bonds is 1. The summed E-state index contributed by atoms with van der Waals surface area (Å²) < 4.78 is 6.19. The van der Waals surface area contributed by atoms with Crippen molar-refractivity contribution in [3.63, 3.8) is 0 Å². The van der Waals surface area contributed by atoms with Gasteiger partial charge in [0.15, 0.2) is 0 Å². The van der Waals surface area contributed by atoms with E-state index >= 15 is 0 Å².